The molecule has 3 unspecified atom stereocenters. The van der Waals surface area contributed by atoms with Crippen LogP contribution in [0.2, 0.25) is 0 Å². The second-order valence-electron chi connectivity index (χ2n) is 8.14. The van der Waals surface area contributed by atoms with Gasteiger partial charge in [-0.1, -0.05) is 36.9 Å². The van der Waals surface area contributed by atoms with E-state index in [9.17, 15) is 9.90 Å². The van der Waals surface area contributed by atoms with E-state index in [-0.39, 0.29) is 17.8 Å². The first-order chi connectivity index (χ1) is 15.4. The third kappa shape index (κ3) is 5.96. The number of likely N-dealkylation sites (tertiary alicyclic amines) is 1. The number of carbonyl (C=O) groups is 1. The number of nitrogens with two attached hydrogens (primary N) is 1. The minimum atomic E-state index is -1.17. The molecule has 1 fully saturated rings. The van der Waals surface area contributed by atoms with Gasteiger partial charge < -0.3 is 25.4 Å². The molecule has 1 aliphatic heterocycles. The van der Waals surface area contributed by atoms with Crippen LogP contribution < -0.4 is 10.5 Å². The molecule has 7 nitrogen and oxygen atoms in total. The highest BCUT2D eigenvalue weighted by molar-refractivity contribution is 5.87. The number of hydrogen-bond donors (Lipinski definition) is 3. The van der Waals surface area contributed by atoms with Crippen molar-refractivity contribution in [3.8, 4) is 11.5 Å². The Balaban J connectivity index is 1.64. The first-order valence-corrected chi connectivity index (χ1v) is 10.9. The lowest BCUT2D eigenvalue weighted by Gasteiger charge is -2.40. The van der Waals surface area contributed by atoms with Crippen LogP contribution in [-0.4, -0.2) is 59.1 Å². The van der Waals surface area contributed by atoms with E-state index in [2.05, 4.69) is 6.58 Å². The number of benzene rings is 2. The summed E-state index contributed by atoms with van der Waals surface area (Å²) in [5.41, 5.74) is 6.82. The molecule has 4 N–H and O–H groups in total. The maximum absolute atomic E-state index is 12.0. The van der Waals surface area contributed by atoms with E-state index in [0.29, 0.717) is 25.3 Å². The Hall–Kier alpha value is -3.16. The zero-order chi connectivity index (χ0) is 23.1. The van der Waals surface area contributed by atoms with Gasteiger partial charge in [0.05, 0.1) is 5.92 Å². The minimum absolute atomic E-state index is 0.00282. The van der Waals surface area contributed by atoms with Gasteiger partial charge >= 0.3 is 0 Å². The van der Waals surface area contributed by atoms with Gasteiger partial charge in [-0.05, 0) is 55.2 Å². The van der Waals surface area contributed by atoms with E-state index in [4.69, 9.17) is 15.9 Å². The quantitative estimate of drug-likeness (QED) is 0.255. The van der Waals surface area contributed by atoms with Crippen molar-refractivity contribution >= 4 is 11.7 Å². The molecule has 1 heterocycles. The minimum Gasteiger partial charge on any atom is -0.457 e. The lowest BCUT2D eigenvalue weighted by atomic mass is 9.94. The smallest absolute Gasteiger partial charge is 0.246 e. The summed E-state index contributed by atoms with van der Waals surface area (Å²) in [6.45, 7) is 4.79. The largest absolute Gasteiger partial charge is 0.457 e. The summed E-state index contributed by atoms with van der Waals surface area (Å²) in [7, 11) is 1.83. The van der Waals surface area contributed by atoms with Crippen molar-refractivity contribution in [3.63, 3.8) is 0 Å². The van der Waals surface area contributed by atoms with Gasteiger partial charge in [-0.15, -0.1) is 0 Å². The van der Waals surface area contributed by atoms with Crippen molar-refractivity contribution in [3.05, 3.63) is 72.8 Å². The Bertz CT molecular complexity index is 915. The second kappa shape index (κ2) is 10.9. The number of para-hydroxylation sites is 1. The molecule has 1 amide bonds. The number of carbonyl (C=O) groups excluding carboxylic acids is 1. The topological polar surface area (TPSA) is 103 Å². The highest BCUT2D eigenvalue weighted by atomic mass is 16.5. The van der Waals surface area contributed by atoms with Crippen molar-refractivity contribution in [1.29, 1.82) is 5.41 Å². The van der Waals surface area contributed by atoms with Gasteiger partial charge in [0.15, 0.2) is 0 Å². The summed E-state index contributed by atoms with van der Waals surface area (Å²) in [5, 5.41) is 18.9. The Morgan fingerprint density at radius 3 is 2.56 bits per heavy atom. The number of ether oxygens (including phenoxy) is 1. The highest BCUT2D eigenvalue weighted by Gasteiger charge is 2.31. The van der Waals surface area contributed by atoms with Crippen LogP contribution in [0.3, 0.4) is 0 Å². The predicted octanol–water partition coefficient (Wildman–Crippen LogP) is 3.00. The average molecular weight is 437 g/mol. The first kappa shape index (κ1) is 23.5. The normalized spacial score (nSPS) is 17.8. The monoisotopic (exact) mass is 436 g/mol. The number of nitrogens with one attached hydrogen (secondary N) is 1. The Morgan fingerprint density at radius 1 is 1.28 bits per heavy atom. The summed E-state index contributed by atoms with van der Waals surface area (Å²) >= 11 is 0. The summed E-state index contributed by atoms with van der Waals surface area (Å²) in [5.74, 6) is 1.08. The molecule has 170 valence electrons. The van der Waals surface area contributed by atoms with E-state index in [1.165, 1.54) is 6.08 Å². The molecule has 2 aromatic carbocycles. The van der Waals surface area contributed by atoms with E-state index in [1.807, 2.05) is 66.5 Å². The van der Waals surface area contributed by atoms with Crippen LogP contribution in [0.4, 0.5) is 0 Å². The van der Waals surface area contributed by atoms with Crippen LogP contribution in [0.15, 0.2) is 67.3 Å². The molecular weight excluding hydrogens is 404 g/mol. The zero-order valence-corrected chi connectivity index (χ0v) is 18.5. The molecule has 0 saturated carbocycles. The molecule has 1 aliphatic rings. The number of rotatable bonds is 8. The number of amides is 1. The van der Waals surface area contributed by atoms with Crippen LogP contribution >= 0.6 is 0 Å². The third-order valence-electron chi connectivity index (χ3n) is 5.93. The van der Waals surface area contributed by atoms with Gasteiger partial charge in [0.2, 0.25) is 5.91 Å². The molecule has 0 spiro atoms. The predicted molar refractivity (Wildman–Crippen MR) is 126 cm³/mol. The SMILES string of the molecule is C=CC(=O)N1CCCC(N(C)C(=N)C(Cc2ccc(Oc3ccccc3)cc2)C(N)O)C1. The molecule has 0 bridgehead atoms. The molecule has 0 radical (unpaired) electrons. The van der Waals surface area contributed by atoms with Crippen LogP contribution in [-0.2, 0) is 11.2 Å². The fraction of sp³-hybridized carbons (Fsp3) is 0.360. The molecule has 0 aromatic heterocycles. The molecule has 3 rings (SSSR count). The zero-order valence-electron chi connectivity index (χ0n) is 18.5. The molecule has 7 heteroatoms. The Morgan fingerprint density at radius 2 is 1.94 bits per heavy atom. The molecule has 1 saturated heterocycles. The second-order valence-corrected chi connectivity index (χ2v) is 8.14. The highest BCUT2D eigenvalue weighted by Crippen LogP contribution is 2.24. The Kier molecular flexibility index (Phi) is 8.03. The molecule has 32 heavy (non-hydrogen) atoms. The van der Waals surface area contributed by atoms with Crippen molar-refractivity contribution in [2.24, 2.45) is 11.7 Å². The van der Waals surface area contributed by atoms with Crippen LogP contribution in [0, 0.1) is 11.3 Å². The van der Waals surface area contributed by atoms with Crippen molar-refractivity contribution in [2.75, 3.05) is 20.1 Å². The summed E-state index contributed by atoms with van der Waals surface area (Å²) in [6, 6.07) is 17.1. The van der Waals surface area contributed by atoms with Gasteiger partial charge in [0.1, 0.15) is 23.6 Å². The fourth-order valence-electron chi connectivity index (χ4n) is 4.01. The number of aliphatic hydroxyl groups excluding tert-OH is 1. The third-order valence-corrected chi connectivity index (χ3v) is 5.93. The number of nitrogens with zero attached hydrogens (tertiary/aromatic N) is 2. The molecule has 3 atom stereocenters. The van der Waals surface area contributed by atoms with E-state index in [0.717, 1.165) is 24.2 Å². The van der Waals surface area contributed by atoms with Crippen molar-refractivity contribution in [1.82, 2.24) is 9.80 Å². The fourth-order valence-corrected chi connectivity index (χ4v) is 4.01. The average Bonchev–Trinajstić information content (AvgIpc) is 2.82. The number of piperidine rings is 1. The maximum atomic E-state index is 12.0. The van der Waals surface area contributed by atoms with Gasteiger partial charge in [0.25, 0.3) is 0 Å². The van der Waals surface area contributed by atoms with Crippen LogP contribution in [0.1, 0.15) is 18.4 Å². The maximum Gasteiger partial charge on any atom is 0.246 e. The van der Waals surface area contributed by atoms with Gasteiger partial charge in [-0.25, -0.2) is 0 Å². The van der Waals surface area contributed by atoms with Gasteiger partial charge in [0, 0.05) is 26.2 Å². The van der Waals surface area contributed by atoms with Gasteiger partial charge in [-0.3, -0.25) is 10.2 Å². The number of amidine groups is 1. The molecular formula is C25H32N4O3. The lowest BCUT2D eigenvalue weighted by Crippen LogP contribution is -2.53. The molecule has 0 aliphatic carbocycles. The van der Waals surface area contributed by atoms with Crippen molar-refractivity contribution in [2.45, 2.75) is 31.5 Å². The standard InChI is InChI=1S/C25H32N4O3/c1-3-23(30)29-15-7-8-19(17-29)28(2)24(26)22(25(27)31)16-18-11-13-21(14-12-18)32-20-9-5-4-6-10-20/h3-6,9-14,19,22,25-26,31H,1,7-8,15-17,27H2,2H3. The van der Waals surface area contributed by atoms with E-state index in [1.54, 1.807) is 4.90 Å². The number of aliphatic hydroxyl groups is 1. The van der Waals surface area contributed by atoms with Gasteiger partial charge in [-0.2, -0.15) is 0 Å². The van der Waals surface area contributed by atoms with Crippen molar-refractivity contribution < 1.29 is 14.6 Å². The number of likely N-dealkylation sites (N-methyl/N-ethyl adjacent to an activating group) is 1. The lowest BCUT2D eigenvalue weighted by molar-refractivity contribution is -0.127. The summed E-state index contributed by atoms with van der Waals surface area (Å²) in [4.78, 5) is 15.6. The molecule has 2 aromatic rings. The summed E-state index contributed by atoms with van der Waals surface area (Å²) in [6.07, 6.45) is 2.32. The number of hydrogen-bond acceptors (Lipinski definition) is 5. The van der Waals surface area contributed by atoms with E-state index < -0.39 is 12.1 Å². The van der Waals surface area contributed by atoms with Crippen LogP contribution in [0.25, 0.3) is 0 Å². The Labute approximate surface area is 189 Å². The van der Waals surface area contributed by atoms with E-state index >= 15 is 0 Å². The first-order valence-electron chi connectivity index (χ1n) is 10.9. The van der Waals surface area contributed by atoms with Crippen LogP contribution in [0.5, 0.6) is 11.5 Å². The summed E-state index contributed by atoms with van der Waals surface area (Å²) < 4.78 is 5.83.